The molecule has 7 aliphatic rings. The number of nitrogens with zero attached hydrogens (tertiary/aromatic N) is 2. The van der Waals surface area contributed by atoms with Crippen LogP contribution in [0.15, 0.2) is 59.8 Å². The van der Waals surface area contributed by atoms with Gasteiger partial charge in [-0.15, -0.1) is 6.58 Å². The lowest BCUT2D eigenvalue weighted by molar-refractivity contribution is -0.178. The van der Waals surface area contributed by atoms with Crippen LogP contribution < -0.4 is 10.1 Å². The number of carbonyl (C=O) groups is 1. The highest BCUT2D eigenvalue weighted by atomic mass is 32.2. The summed E-state index contributed by atoms with van der Waals surface area (Å²) in [6.45, 7) is 20.4. The normalized spacial score (nSPS) is 41.0. The van der Waals surface area contributed by atoms with Crippen LogP contribution in [-0.2, 0) is 14.6 Å². The molecule has 6 aliphatic carbocycles. The summed E-state index contributed by atoms with van der Waals surface area (Å²) in [5, 5.41) is 14.7. The van der Waals surface area contributed by atoms with Crippen LogP contribution in [0.4, 0.5) is 0 Å². The molecule has 8 rings (SSSR count). The topological polar surface area (TPSA) is 109 Å². The van der Waals surface area contributed by atoms with Crippen LogP contribution >= 0.6 is 0 Å². The van der Waals surface area contributed by atoms with Crippen LogP contribution in [0.5, 0.6) is 5.88 Å². The van der Waals surface area contributed by atoms with Gasteiger partial charge in [0.05, 0.1) is 11.5 Å². The van der Waals surface area contributed by atoms with Gasteiger partial charge in [0.15, 0.2) is 9.84 Å². The first-order chi connectivity index (χ1) is 27.0. The highest BCUT2D eigenvalue weighted by molar-refractivity contribution is 7.91. The van der Waals surface area contributed by atoms with Crippen molar-refractivity contribution in [2.45, 2.75) is 124 Å². The van der Waals surface area contributed by atoms with Gasteiger partial charge in [-0.25, -0.2) is 13.4 Å². The second-order valence-corrected chi connectivity index (χ2v) is 23.4. The molecule has 0 aromatic carbocycles. The Morgan fingerprint density at radius 2 is 1.74 bits per heavy atom. The fourth-order valence-corrected chi connectivity index (χ4v) is 16.4. The zero-order valence-corrected chi connectivity index (χ0v) is 36.5. The Morgan fingerprint density at radius 3 is 2.42 bits per heavy atom. The average Bonchev–Trinajstić information content (AvgIpc) is 3.52. The molecule has 10 atom stereocenters. The summed E-state index contributed by atoms with van der Waals surface area (Å²) in [6.07, 6.45) is 21.0. The van der Waals surface area contributed by atoms with Gasteiger partial charge in [0.25, 0.3) is 0 Å². The van der Waals surface area contributed by atoms with E-state index in [1.165, 1.54) is 68.1 Å². The Kier molecular flexibility index (Phi) is 11.0. The van der Waals surface area contributed by atoms with Crippen LogP contribution in [0.3, 0.4) is 0 Å². The van der Waals surface area contributed by atoms with E-state index in [2.05, 4.69) is 68.6 Å². The molecule has 0 amide bonds. The van der Waals surface area contributed by atoms with Gasteiger partial charge in [0.2, 0.25) is 5.88 Å². The van der Waals surface area contributed by atoms with Crippen molar-refractivity contribution in [3.05, 3.63) is 59.8 Å². The Balaban J connectivity index is 0.992. The Hall–Kier alpha value is -2.49. The van der Waals surface area contributed by atoms with Crippen molar-refractivity contribution >= 4 is 15.8 Å². The number of fused-ring (bicyclic) bond motifs is 7. The predicted octanol–water partition coefficient (Wildman–Crippen LogP) is 8.91. The molecule has 2 N–H and O–H groups in total. The molecule has 1 aromatic heterocycles. The SMILES string of the molecule is C=C(C)C[C@@H]1CC[C@]2(NCCN3CCS(=O)(=O)CC3)CCC3[C@H](CCC4[C@@]3(C)CCC3C(C)(C)C(C5=CCC(COc6ccccn6)(C(=O)O)CC5)=CC[C@@]34C)C12. The minimum atomic E-state index is -2.87. The van der Waals surface area contributed by atoms with Crippen molar-refractivity contribution in [3.8, 4) is 5.88 Å². The number of hydrogen-bond acceptors (Lipinski definition) is 7. The Bertz CT molecular complexity index is 1860. The van der Waals surface area contributed by atoms with Crippen molar-refractivity contribution in [1.82, 2.24) is 15.2 Å². The van der Waals surface area contributed by atoms with Gasteiger partial charge in [-0.05, 0) is 159 Å². The summed E-state index contributed by atoms with van der Waals surface area (Å²) in [6, 6.07) is 5.50. The quantitative estimate of drug-likeness (QED) is 0.214. The number of hydrogen-bond donors (Lipinski definition) is 2. The minimum absolute atomic E-state index is 0.0207. The number of carboxylic acids is 1. The summed E-state index contributed by atoms with van der Waals surface area (Å²) in [5.41, 5.74) is 4.00. The molecule has 5 unspecified atom stereocenters. The number of aromatic nitrogens is 1. The van der Waals surface area contributed by atoms with Crippen molar-refractivity contribution < 1.29 is 23.1 Å². The predicted molar refractivity (Wildman–Crippen MR) is 228 cm³/mol. The molecule has 1 saturated heterocycles. The van der Waals surface area contributed by atoms with Gasteiger partial charge in [0, 0.05) is 44.0 Å². The van der Waals surface area contributed by atoms with Crippen molar-refractivity contribution in [2.75, 3.05) is 44.3 Å². The molecule has 314 valence electrons. The maximum absolute atomic E-state index is 12.7. The molecule has 9 heteroatoms. The van der Waals surface area contributed by atoms with E-state index >= 15 is 0 Å². The van der Waals surface area contributed by atoms with Crippen molar-refractivity contribution in [3.63, 3.8) is 0 Å². The van der Waals surface area contributed by atoms with Crippen LogP contribution in [0.1, 0.15) is 118 Å². The maximum atomic E-state index is 12.7. The molecular formula is C48H71N3O5S. The van der Waals surface area contributed by atoms with Crippen molar-refractivity contribution in [2.24, 2.45) is 57.2 Å². The molecule has 0 radical (unpaired) electrons. The first-order valence-corrected chi connectivity index (χ1v) is 24.3. The van der Waals surface area contributed by atoms with Gasteiger partial charge in [-0.2, -0.15) is 0 Å². The largest absolute Gasteiger partial charge is 0.481 e. The lowest BCUT2D eigenvalue weighted by atomic mass is 9.36. The van der Waals surface area contributed by atoms with Gasteiger partial charge >= 0.3 is 5.97 Å². The molecule has 0 bridgehead atoms. The Morgan fingerprint density at radius 1 is 0.965 bits per heavy atom. The van der Waals surface area contributed by atoms with Crippen LogP contribution in [-0.4, -0.2) is 79.2 Å². The summed E-state index contributed by atoms with van der Waals surface area (Å²) < 4.78 is 30.1. The Labute approximate surface area is 343 Å². The second kappa shape index (κ2) is 15.2. The second-order valence-electron chi connectivity index (χ2n) is 21.1. The monoisotopic (exact) mass is 802 g/mol. The van der Waals surface area contributed by atoms with E-state index in [0.29, 0.717) is 72.4 Å². The fourth-order valence-electron chi connectivity index (χ4n) is 15.2. The van der Waals surface area contributed by atoms with Crippen molar-refractivity contribution in [1.29, 1.82) is 0 Å². The van der Waals surface area contributed by atoms with Crippen LogP contribution in [0.25, 0.3) is 0 Å². The lowest BCUT2D eigenvalue weighted by Crippen LogP contribution is -2.64. The molecule has 2 heterocycles. The van der Waals surface area contributed by atoms with Crippen LogP contribution in [0.2, 0.25) is 0 Å². The molecule has 1 aromatic rings. The van der Waals surface area contributed by atoms with E-state index in [-0.39, 0.29) is 23.0 Å². The standard InChI is InChI=1S/C48H71N3O5S/c1-33(2)31-35-14-22-48(50-25-26-51-27-29-57(54,55)30-28-51)23-16-38-36(42(35)48)10-11-40-45(38,5)19-17-39-44(3,4)37(15-18-46(39,40)6)34-12-20-47(21-13-34,43(52)53)32-56-41-9-7-8-24-49-41/h7-9,12,15,24,35-36,38-40,42,50H,1,10-11,13-14,16-23,25-32H2,2-6H3,(H,52,53)/t35-,36-,38?,39?,40?,42?,45-,46-,47?,48-/m0/s1. The number of ether oxygens (including phenoxy) is 1. The number of carboxylic acid groups (broad SMARTS) is 1. The zero-order chi connectivity index (χ0) is 40.4. The number of rotatable bonds is 11. The molecule has 5 fully saturated rings. The molecule has 1 aliphatic heterocycles. The summed E-state index contributed by atoms with van der Waals surface area (Å²) in [4.78, 5) is 19.3. The first kappa shape index (κ1) is 41.3. The van der Waals surface area contributed by atoms with E-state index in [1.807, 2.05) is 12.1 Å². The van der Waals surface area contributed by atoms with Gasteiger partial charge < -0.3 is 20.1 Å². The zero-order valence-electron chi connectivity index (χ0n) is 35.7. The van der Waals surface area contributed by atoms with Gasteiger partial charge in [-0.1, -0.05) is 51.5 Å². The third-order valence-corrected chi connectivity index (χ3v) is 19.4. The molecule has 0 spiro atoms. The van der Waals surface area contributed by atoms with Gasteiger partial charge in [-0.3, -0.25) is 4.79 Å². The number of nitrogens with one attached hydrogen (secondary N) is 1. The lowest BCUT2D eigenvalue weighted by Gasteiger charge is -2.69. The molecule has 4 saturated carbocycles. The first-order valence-electron chi connectivity index (χ1n) is 22.5. The van der Waals surface area contributed by atoms with E-state index in [1.54, 1.807) is 12.3 Å². The summed E-state index contributed by atoms with van der Waals surface area (Å²) >= 11 is 0. The van der Waals surface area contributed by atoms with E-state index < -0.39 is 21.2 Å². The average molecular weight is 802 g/mol. The molecule has 8 nitrogen and oxygen atoms in total. The van der Waals surface area contributed by atoms with E-state index in [9.17, 15) is 18.3 Å². The maximum Gasteiger partial charge on any atom is 0.313 e. The third-order valence-electron chi connectivity index (χ3n) is 17.8. The third kappa shape index (κ3) is 7.29. The summed E-state index contributed by atoms with van der Waals surface area (Å²) in [5.74, 6) is 4.45. The summed E-state index contributed by atoms with van der Waals surface area (Å²) in [7, 11) is -2.87. The number of sulfone groups is 1. The number of allylic oxidation sites excluding steroid dienone is 5. The van der Waals surface area contributed by atoms with Crippen LogP contribution in [0, 0.1) is 57.2 Å². The molecular weight excluding hydrogens is 731 g/mol. The highest BCUT2D eigenvalue weighted by Crippen LogP contribution is 2.73. The van der Waals surface area contributed by atoms with Gasteiger partial charge in [0.1, 0.15) is 12.0 Å². The highest BCUT2D eigenvalue weighted by Gasteiger charge is 2.66. The number of pyridine rings is 1. The number of aliphatic carboxylic acids is 1. The smallest absolute Gasteiger partial charge is 0.313 e. The molecule has 57 heavy (non-hydrogen) atoms. The fraction of sp³-hybridized carbons (Fsp3) is 0.750. The minimum Gasteiger partial charge on any atom is -0.481 e. The van der Waals surface area contributed by atoms with E-state index in [4.69, 9.17) is 4.74 Å². The van der Waals surface area contributed by atoms with E-state index in [0.717, 1.165) is 44.2 Å².